The van der Waals surface area contributed by atoms with Gasteiger partial charge in [-0.15, -0.1) is 0 Å². The van der Waals surface area contributed by atoms with Crippen LogP contribution >= 0.6 is 11.6 Å². The van der Waals surface area contributed by atoms with Crippen molar-refractivity contribution in [3.05, 3.63) is 34.6 Å². The zero-order chi connectivity index (χ0) is 12.6. The van der Waals surface area contributed by atoms with Crippen molar-refractivity contribution >= 4 is 11.6 Å². The first-order valence-electron chi connectivity index (χ1n) is 6.41. The molecule has 1 saturated carbocycles. The molecule has 0 aromatic heterocycles. The molecule has 0 atom stereocenters. The molecule has 3 rings (SSSR count). The second kappa shape index (κ2) is 4.80. The van der Waals surface area contributed by atoms with E-state index in [1.54, 1.807) is 6.07 Å². The highest BCUT2D eigenvalue weighted by atomic mass is 35.5. The van der Waals surface area contributed by atoms with Crippen molar-refractivity contribution in [2.24, 2.45) is 0 Å². The summed E-state index contributed by atoms with van der Waals surface area (Å²) in [6.07, 6.45) is 3.82. The summed E-state index contributed by atoms with van der Waals surface area (Å²) in [5.41, 5.74) is 1.12. The van der Waals surface area contributed by atoms with Crippen LogP contribution in [-0.4, -0.2) is 19.0 Å². The van der Waals surface area contributed by atoms with Gasteiger partial charge in [0.1, 0.15) is 5.82 Å². The average Bonchev–Trinajstić information content (AvgIpc) is 2.82. The van der Waals surface area contributed by atoms with E-state index in [0.29, 0.717) is 19.1 Å². The van der Waals surface area contributed by atoms with Gasteiger partial charge in [0.15, 0.2) is 5.79 Å². The number of rotatable bonds is 1. The fourth-order valence-electron chi connectivity index (χ4n) is 2.94. The monoisotopic (exact) mass is 270 g/mol. The van der Waals surface area contributed by atoms with E-state index in [-0.39, 0.29) is 16.6 Å². The fraction of sp³-hybridized carbons (Fsp3) is 0.571. The maximum absolute atomic E-state index is 13.1. The van der Waals surface area contributed by atoms with Crippen LogP contribution in [0.15, 0.2) is 18.2 Å². The van der Waals surface area contributed by atoms with Crippen molar-refractivity contribution in [3.63, 3.8) is 0 Å². The molecular formula is C14H16ClFO2. The van der Waals surface area contributed by atoms with Gasteiger partial charge in [0, 0.05) is 12.8 Å². The van der Waals surface area contributed by atoms with Crippen molar-refractivity contribution in [1.82, 2.24) is 0 Å². The Kier molecular flexibility index (Phi) is 3.31. The van der Waals surface area contributed by atoms with Crippen LogP contribution in [0.3, 0.4) is 0 Å². The summed E-state index contributed by atoms with van der Waals surface area (Å²) in [5, 5.41) is 0.209. The molecule has 1 aliphatic carbocycles. The van der Waals surface area contributed by atoms with Crippen LogP contribution in [-0.2, 0) is 9.47 Å². The Bertz CT molecular complexity index is 433. The second-order valence-corrected chi connectivity index (χ2v) is 5.46. The molecule has 98 valence electrons. The summed E-state index contributed by atoms with van der Waals surface area (Å²) in [4.78, 5) is 0. The van der Waals surface area contributed by atoms with Crippen LogP contribution in [0.2, 0.25) is 5.02 Å². The van der Waals surface area contributed by atoms with E-state index in [4.69, 9.17) is 21.1 Å². The molecule has 2 nitrogen and oxygen atoms in total. The Morgan fingerprint density at radius 2 is 1.83 bits per heavy atom. The number of benzene rings is 1. The lowest BCUT2D eigenvalue weighted by atomic mass is 9.81. The maximum atomic E-state index is 13.1. The summed E-state index contributed by atoms with van der Waals surface area (Å²) >= 11 is 5.83. The normalized spacial score (nSPS) is 23.7. The van der Waals surface area contributed by atoms with Crippen molar-refractivity contribution in [3.8, 4) is 0 Å². The van der Waals surface area contributed by atoms with E-state index < -0.39 is 0 Å². The molecule has 1 heterocycles. The molecule has 1 aromatic carbocycles. The molecule has 1 aromatic rings. The first-order valence-corrected chi connectivity index (χ1v) is 6.79. The van der Waals surface area contributed by atoms with E-state index in [2.05, 4.69) is 0 Å². The third-order valence-corrected chi connectivity index (χ3v) is 4.27. The highest BCUT2D eigenvalue weighted by molar-refractivity contribution is 6.30. The summed E-state index contributed by atoms with van der Waals surface area (Å²) in [5.74, 6) is -0.253. The Morgan fingerprint density at radius 3 is 2.44 bits per heavy atom. The van der Waals surface area contributed by atoms with E-state index in [1.165, 1.54) is 6.07 Å². The summed E-state index contributed by atoms with van der Waals surface area (Å²) in [6, 6.07) is 5.03. The van der Waals surface area contributed by atoms with Gasteiger partial charge in [-0.2, -0.15) is 0 Å². The number of ether oxygens (including phenoxy) is 2. The first kappa shape index (κ1) is 12.4. The van der Waals surface area contributed by atoms with Crippen LogP contribution in [0.5, 0.6) is 0 Å². The second-order valence-electron chi connectivity index (χ2n) is 5.06. The van der Waals surface area contributed by atoms with E-state index in [1.807, 2.05) is 6.07 Å². The molecular weight excluding hydrogens is 255 g/mol. The van der Waals surface area contributed by atoms with Crippen LogP contribution < -0.4 is 0 Å². The van der Waals surface area contributed by atoms with Crippen molar-refractivity contribution in [2.45, 2.75) is 37.4 Å². The maximum Gasteiger partial charge on any atom is 0.168 e. The lowest BCUT2D eigenvalue weighted by Crippen LogP contribution is -2.34. The van der Waals surface area contributed by atoms with Gasteiger partial charge in [-0.3, -0.25) is 0 Å². The first-order chi connectivity index (χ1) is 8.69. The lowest BCUT2D eigenvalue weighted by Gasteiger charge is -2.35. The van der Waals surface area contributed by atoms with Crippen molar-refractivity contribution in [1.29, 1.82) is 0 Å². The highest BCUT2D eigenvalue weighted by Crippen LogP contribution is 2.42. The van der Waals surface area contributed by atoms with Crippen LogP contribution in [0, 0.1) is 5.82 Å². The molecule has 0 bridgehead atoms. The van der Waals surface area contributed by atoms with Gasteiger partial charge in [0.05, 0.1) is 18.2 Å². The van der Waals surface area contributed by atoms with Crippen LogP contribution in [0.25, 0.3) is 0 Å². The predicted molar refractivity (Wildman–Crippen MR) is 67.3 cm³/mol. The summed E-state index contributed by atoms with van der Waals surface area (Å²) in [6.45, 7) is 1.40. The van der Waals surface area contributed by atoms with Gasteiger partial charge >= 0.3 is 0 Å². The third-order valence-electron chi connectivity index (χ3n) is 3.98. The molecule has 1 saturated heterocycles. The molecule has 4 heteroatoms. The van der Waals surface area contributed by atoms with Crippen LogP contribution in [0.4, 0.5) is 4.39 Å². The summed E-state index contributed by atoms with van der Waals surface area (Å²) < 4.78 is 24.5. The minimum absolute atomic E-state index is 0.209. The molecule has 1 aliphatic heterocycles. The third kappa shape index (κ3) is 2.27. The molecule has 0 amide bonds. The largest absolute Gasteiger partial charge is 0.348 e. The molecule has 0 unspecified atom stereocenters. The minimum Gasteiger partial charge on any atom is -0.348 e. The van der Waals surface area contributed by atoms with Crippen molar-refractivity contribution in [2.75, 3.05) is 13.2 Å². The number of hydrogen-bond donors (Lipinski definition) is 0. The fourth-order valence-corrected chi connectivity index (χ4v) is 3.13. The predicted octanol–water partition coefficient (Wildman–Crippen LogP) is 3.88. The van der Waals surface area contributed by atoms with Gasteiger partial charge in [-0.05, 0) is 36.5 Å². The SMILES string of the molecule is Fc1ccc(C2CCC3(CC2)OCCO3)cc1Cl. The van der Waals surface area contributed by atoms with E-state index in [0.717, 1.165) is 31.2 Å². The lowest BCUT2D eigenvalue weighted by molar-refractivity contribution is -0.178. The zero-order valence-corrected chi connectivity index (χ0v) is 10.9. The van der Waals surface area contributed by atoms with E-state index >= 15 is 0 Å². The van der Waals surface area contributed by atoms with E-state index in [9.17, 15) is 4.39 Å². The molecule has 0 N–H and O–H groups in total. The smallest absolute Gasteiger partial charge is 0.168 e. The summed E-state index contributed by atoms with van der Waals surface area (Å²) in [7, 11) is 0. The quantitative estimate of drug-likeness (QED) is 0.771. The molecule has 1 spiro atoms. The van der Waals surface area contributed by atoms with Crippen molar-refractivity contribution < 1.29 is 13.9 Å². The number of hydrogen-bond acceptors (Lipinski definition) is 2. The molecule has 2 aliphatic rings. The Balaban J connectivity index is 1.70. The molecule has 18 heavy (non-hydrogen) atoms. The Morgan fingerprint density at radius 1 is 1.17 bits per heavy atom. The Hall–Kier alpha value is -0.640. The van der Waals surface area contributed by atoms with Gasteiger partial charge in [0.25, 0.3) is 0 Å². The molecule has 2 fully saturated rings. The van der Waals surface area contributed by atoms with Crippen LogP contribution in [0.1, 0.15) is 37.2 Å². The standard InChI is InChI=1S/C14H16ClFO2/c15-12-9-11(1-2-13(12)16)10-3-5-14(6-4-10)17-7-8-18-14/h1-2,9-10H,3-8H2. The molecule has 0 radical (unpaired) electrons. The highest BCUT2D eigenvalue weighted by Gasteiger charge is 2.40. The van der Waals surface area contributed by atoms with Gasteiger partial charge < -0.3 is 9.47 Å². The minimum atomic E-state index is -0.352. The van der Waals surface area contributed by atoms with Gasteiger partial charge in [-0.25, -0.2) is 4.39 Å². The zero-order valence-electron chi connectivity index (χ0n) is 10.1. The van der Waals surface area contributed by atoms with Gasteiger partial charge in [-0.1, -0.05) is 17.7 Å². The topological polar surface area (TPSA) is 18.5 Å². The van der Waals surface area contributed by atoms with Gasteiger partial charge in [0.2, 0.25) is 0 Å². The number of halogens is 2. The Labute approximate surface area is 111 Å². The average molecular weight is 271 g/mol.